The molecule has 2 aromatic rings. The standard InChI is InChI=1S/C16H15ClO/c17-11-12-1-7-15(8-2-12)18-16-9-5-14(6-10-16)13-3-4-13/h1-2,5-10,13H,3-4,11H2. The summed E-state index contributed by atoms with van der Waals surface area (Å²) in [5, 5.41) is 0. The first-order valence-corrected chi connectivity index (χ1v) is 6.81. The lowest BCUT2D eigenvalue weighted by Gasteiger charge is -2.07. The molecular weight excluding hydrogens is 244 g/mol. The van der Waals surface area contributed by atoms with Crippen LogP contribution in [-0.2, 0) is 5.88 Å². The van der Waals surface area contributed by atoms with Crippen LogP contribution in [0, 0.1) is 0 Å². The van der Waals surface area contributed by atoms with Crippen LogP contribution in [0.2, 0.25) is 0 Å². The Kier molecular flexibility index (Phi) is 3.24. The molecule has 3 rings (SSSR count). The number of hydrogen-bond donors (Lipinski definition) is 0. The Morgan fingerprint density at radius 1 is 0.889 bits per heavy atom. The molecule has 18 heavy (non-hydrogen) atoms. The van der Waals surface area contributed by atoms with Crippen LogP contribution in [0.3, 0.4) is 0 Å². The van der Waals surface area contributed by atoms with Crippen molar-refractivity contribution in [3.8, 4) is 11.5 Å². The summed E-state index contributed by atoms with van der Waals surface area (Å²) < 4.78 is 5.79. The molecule has 1 aliphatic rings. The minimum absolute atomic E-state index is 0.538. The van der Waals surface area contributed by atoms with E-state index < -0.39 is 0 Å². The number of rotatable bonds is 4. The maximum Gasteiger partial charge on any atom is 0.127 e. The number of benzene rings is 2. The fourth-order valence-corrected chi connectivity index (χ4v) is 2.19. The number of ether oxygens (including phenoxy) is 1. The highest BCUT2D eigenvalue weighted by atomic mass is 35.5. The van der Waals surface area contributed by atoms with Gasteiger partial charge in [-0.15, -0.1) is 11.6 Å². The van der Waals surface area contributed by atoms with Crippen molar-refractivity contribution in [2.75, 3.05) is 0 Å². The van der Waals surface area contributed by atoms with Crippen molar-refractivity contribution in [3.05, 3.63) is 59.7 Å². The van der Waals surface area contributed by atoms with Crippen LogP contribution >= 0.6 is 11.6 Å². The highest BCUT2D eigenvalue weighted by molar-refractivity contribution is 6.17. The highest BCUT2D eigenvalue weighted by Gasteiger charge is 2.22. The first kappa shape index (κ1) is 11.6. The molecule has 0 saturated heterocycles. The molecule has 2 aromatic carbocycles. The van der Waals surface area contributed by atoms with E-state index >= 15 is 0 Å². The molecular formula is C16H15ClO. The summed E-state index contributed by atoms with van der Waals surface area (Å²) in [7, 11) is 0. The molecule has 1 aliphatic carbocycles. The van der Waals surface area contributed by atoms with Crippen LogP contribution in [0.15, 0.2) is 48.5 Å². The normalized spacial score (nSPS) is 14.5. The maximum absolute atomic E-state index is 5.79. The summed E-state index contributed by atoms with van der Waals surface area (Å²) >= 11 is 5.75. The molecule has 0 aromatic heterocycles. The predicted molar refractivity (Wildman–Crippen MR) is 74.5 cm³/mol. The molecule has 0 unspecified atom stereocenters. The number of alkyl halides is 1. The van der Waals surface area contributed by atoms with Crippen LogP contribution in [0.4, 0.5) is 0 Å². The van der Waals surface area contributed by atoms with Gasteiger partial charge in [-0.25, -0.2) is 0 Å². The zero-order valence-electron chi connectivity index (χ0n) is 10.1. The predicted octanol–water partition coefficient (Wildman–Crippen LogP) is 5.10. The van der Waals surface area contributed by atoms with Gasteiger partial charge in [0.25, 0.3) is 0 Å². The third kappa shape index (κ3) is 2.68. The molecule has 0 atom stereocenters. The molecule has 0 radical (unpaired) electrons. The smallest absolute Gasteiger partial charge is 0.127 e. The molecule has 0 heterocycles. The van der Waals surface area contributed by atoms with E-state index in [1.165, 1.54) is 18.4 Å². The molecule has 1 saturated carbocycles. The minimum Gasteiger partial charge on any atom is -0.457 e. The van der Waals surface area contributed by atoms with Crippen molar-refractivity contribution >= 4 is 11.6 Å². The molecule has 0 aliphatic heterocycles. The first-order valence-electron chi connectivity index (χ1n) is 6.28. The zero-order valence-corrected chi connectivity index (χ0v) is 10.9. The monoisotopic (exact) mass is 258 g/mol. The van der Waals surface area contributed by atoms with Crippen molar-refractivity contribution in [2.24, 2.45) is 0 Å². The van der Waals surface area contributed by atoms with Gasteiger partial charge < -0.3 is 4.74 Å². The van der Waals surface area contributed by atoms with Gasteiger partial charge in [0.15, 0.2) is 0 Å². The van der Waals surface area contributed by atoms with Crippen LogP contribution in [-0.4, -0.2) is 0 Å². The SMILES string of the molecule is ClCc1ccc(Oc2ccc(C3CC3)cc2)cc1. The lowest BCUT2D eigenvalue weighted by Crippen LogP contribution is -1.86. The summed E-state index contributed by atoms with van der Waals surface area (Å²) in [4.78, 5) is 0. The van der Waals surface area contributed by atoms with E-state index in [0.29, 0.717) is 5.88 Å². The molecule has 0 amide bonds. The van der Waals surface area contributed by atoms with Crippen LogP contribution < -0.4 is 4.74 Å². The van der Waals surface area contributed by atoms with Gasteiger partial charge in [-0.3, -0.25) is 0 Å². The Hall–Kier alpha value is -1.47. The Morgan fingerprint density at radius 3 is 1.94 bits per heavy atom. The second-order valence-corrected chi connectivity index (χ2v) is 4.99. The molecule has 2 heteroatoms. The van der Waals surface area contributed by atoms with Gasteiger partial charge in [-0.05, 0) is 54.2 Å². The minimum atomic E-state index is 0.538. The maximum atomic E-state index is 5.79. The lowest BCUT2D eigenvalue weighted by atomic mass is 10.1. The van der Waals surface area contributed by atoms with Gasteiger partial charge in [0, 0.05) is 5.88 Å². The summed E-state index contributed by atoms with van der Waals surface area (Å²) in [6, 6.07) is 16.3. The Balaban J connectivity index is 1.70. The third-order valence-corrected chi connectivity index (χ3v) is 3.55. The van der Waals surface area contributed by atoms with Gasteiger partial charge in [-0.1, -0.05) is 24.3 Å². The Labute approximate surface area is 112 Å². The van der Waals surface area contributed by atoms with Crippen molar-refractivity contribution in [1.82, 2.24) is 0 Å². The van der Waals surface area contributed by atoms with Crippen molar-refractivity contribution in [1.29, 1.82) is 0 Å². The first-order chi connectivity index (χ1) is 8.85. The summed E-state index contributed by atoms with van der Waals surface area (Å²) in [6.45, 7) is 0. The van der Waals surface area contributed by atoms with Crippen LogP contribution in [0.25, 0.3) is 0 Å². The molecule has 0 bridgehead atoms. The van der Waals surface area contributed by atoms with Crippen molar-refractivity contribution in [3.63, 3.8) is 0 Å². The molecule has 0 spiro atoms. The van der Waals surface area contributed by atoms with Gasteiger partial charge in [0.1, 0.15) is 11.5 Å². The van der Waals surface area contributed by atoms with E-state index in [9.17, 15) is 0 Å². The second kappa shape index (κ2) is 5.03. The number of halogens is 1. The van der Waals surface area contributed by atoms with E-state index in [1.807, 2.05) is 36.4 Å². The van der Waals surface area contributed by atoms with Gasteiger partial charge in [0.2, 0.25) is 0 Å². The topological polar surface area (TPSA) is 9.23 Å². The van der Waals surface area contributed by atoms with E-state index in [0.717, 1.165) is 23.0 Å². The highest BCUT2D eigenvalue weighted by Crippen LogP contribution is 2.40. The van der Waals surface area contributed by atoms with Crippen molar-refractivity contribution < 1.29 is 4.74 Å². The number of hydrogen-bond acceptors (Lipinski definition) is 1. The van der Waals surface area contributed by atoms with E-state index in [2.05, 4.69) is 12.1 Å². The van der Waals surface area contributed by atoms with Crippen molar-refractivity contribution in [2.45, 2.75) is 24.6 Å². The fourth-order valence-electron chi connectivity index (χ4n) is 2.01. The van der Waals surface area contributed by atoms with Gasteiger partial charge in [0.05, 0.1) is 0 Å². The lowest BCUT2D eigenvalue weighted by molar-refractivity contribution is 0.482. The fraction of sp³-hybridized carbons (Fsp3) is 0.250. The van der Waals surface area contributed by atoms with Crippen LogP contribution in [0.5, 0.6) is 11.5 Å². The molecule has 1 nitrogen and oxygen atoms in total. The summed E-state index contributed by atoms with van der Waals surface area (Å²) in [6.07, 6.45) is 2.67. The Morgan fingerprint density at radius 2 is 1.44 bits per heavy atom. The molecule has 1 fully saturated rings. The van der Waals surface area contributed by atoms with E-state index in [-0.39, 0.29) is 0 Å². The zero-order chi connectivity index (χ0) is 12.4. The third-order valence-electron chi connectivity index (χ3n) is 3.24. The largest absolute Gasteiger partial charge is 0.457 e. The van der Waals surface area contributed by atoms with E-state index in [1.54, 1.807) is 0 Å². The van der Waals surface area contributed by atoms with Crippen LogP contribution in [0.1, 0.15) is 29.9 Å². The summed E-state index contributed by atoms with van der Waals surface area (Å²) in [5.74, 6) is 3.07. The Bertz CT molecular complexity index is 512. The summed E-state index contributed by atoms with van der Waals surface area (Å²) in [5.41, 5.74) is 2.54. The average molecular weight is 259 g/mol. The second-order valence-electron chi connectivity index (χ2n) is 4.72. The molecule has 92 valence electrons. The van der Waals surface area contributed by atoms with E-state index in [4.69, 9.17) is 16.3 Å². The van der Waals surface area contributed by atoms with Gasteiger partial charge in [-0.2, -0.15) is 0 Å². The van der Waals surface area contributed by atoms with Gasteiger partial charge >= 0.3 is 0 Å². The molecule has 0 N–H and O–H groups in total. The quantitative estimate of drug-likeness (QED) is 0.694. The average Bonchev–Trinajstić information content (AvgIpc) is 3.25.